The molecule has 1 fully saturated rings. The van der Waals surface area contributed by atoms with Crippen LogP contribution in [-0.2, 0) is 0 Å². The largest absolute Gasteiger partial charge is 0.362 e. The van der Waals surface area contributed by atoms with E-state index in [1.807, 2.05) is 19.9 Å². The van der Waals surface area contributed by atoms with Gasteiger partial charge < -0.3 is 4.98 Å². The lowest BCUT2D eigenvalue weighted by Crippen LogP contribution is -2.40. The molecule has 19 heavy (non-hydrogen) atoms. The average Bonchev–Trinajstić information content (AvgIpc) is 2.76. The zero-order valence-electron chi connectivity index (χ0n) is 12.5. The summed E-state index contributed by atoms with van der Waals surface area (Å²) in [6, 6.07) is 2.59. The molecule has 1 saturated carbocycles. The van der Waals surface area contributed by atoms with E-state index >= 15 is 0 Å². The van der Waals surface area contributed by atoms with Gasteiger partial charge in [0.05, 0.1) is 6.54 Å². The van der Waals surface area contributed by atoms with Crippen LogP contribution < -0.4 is 0 Å². The van der Waals surface area contributed by atoms with Gasteiger partial charge in [0.1, 0.15) is 0 Å². The SMILES string of the molecule is CCN(CC(=O)c1cc(C)[nH]c1C)C1CCCCC1. The fraction of sp³-hybridized carbons (Fsp3) is 0.688. The third kappa shape index (κ3) is 3.47. The van der Waals surface area contributed by atoms with E-state index in [1.54, 1.807) is 0 Å². The van der Waals surface area contributed by atoms with Crippen molar-refractivity contribution in [3.05, 3.63) is 23.0 Å². The highest BCUT2D eigenvalue weighted by atomic mass is 16.1. The summed E-state index contributed by atoms with van der Waals surface area (Å²) in [5.74, 6) is 0.259. The number of carbonyl (C=O) groups excluding carboxylic acids is 1. The fourth-order valence-electron chi connectivity index (χ4n) is 3.23. The third-order valence-corrected chi connectivity index (χ3v) is 4.29. The summed E-state index contributed by atoms with van der Waals surface area (Å²) < 4.78 is 0. The molecule has 0 spiro atoms. The van der Waals surface area contributed by atoms with Crippen molar-refractivity contribution in [1.29, 1.82) is 0 Å². The number of Topliss-reactive ketones (excluding diaryl/α,β-unsaturated/α-hetero) is 1. The van der Waals surface area contributed by atoms with Crippen molar-refractivity contribution in [3.8, 4) is 0 Å². The molecular formula is C16H26N2O. The monoisotopic (exact) mass is 262 g/mol. The summed E-state index contributed by atoms with van der Waals surface area (Å²) in [6.07, 6.45) is 6.51. The van der Waals surface area contributed by atoms with E-state index in [9.17, 15) is 4.79 Å². The molecule has 0 aromatic carbocycles. The van der Waals surface area contributed by atoms with Crippen LogP contribution in [0.5, 0.6) is 0 Å². The Morgan fingerprint density at radius 3 is 2.53 bits per heavy atom. The molecule has 106 valence electrons. The van der Waals surface area contributed by atoms with Crippen LogP contribution in [0, 0.1) is 13.8 Å². The van der Waals surface area contributed by atoms with Gasteiger partial charge in [-0.1, -0.05) is 26.2 Å². The topological polar surface area (TPSA) is 36.1 Å². The second-order valence-electron chi connectivity index (χ2n) is 5.77. The lowest BCUT2D eigenvalue weighted by molar-refractivity contribution is 0.0868. The maximum Gasteiger partial charge on any atom is 0.178 e. The molecule has 1 aromatic rings. The summed E-state index contributed by atoms with van der Waals surface area (Å²) in [5, 5.41) is 0. The van der Waals surface area contributed by atoms with E-state index in [1.165, 1.54) is 32.1 Å². The Labute approximate surface area is 116 Å². The standard InChI is InChI=1S/C16H26N2O/c1-4-18(14-8-6-5-7-9-14)11-16(19)15-10-12(2)17-13(15)3/h10,14,17H,4-9,11H2,1-3H3. The lowest BCUT2D eigenvalue weighted by Gasteiger charge is -2.32. The lowest BCUT2D eigenvalue weighted by atomic mass is 9.94. The van der Waals surface area contributed by atoms with Crippen LogP contribution in [-0.4, -0.2) is 34.8 Å². The molecule has 1 aromatic heterocycles. The molecule has 0 atom stereocenters. The van der Waals surface area contributed by atoms with Gasteiger partial charge in [0, 0.05) is 23.0 Å². The minimum Gasteiger partial charge on any atom is -0.362 e. The van der Waals surface area contributed by atoms with E-state index in [-0.39, 0.29) is 5.78 Å². The highest BCUT2D eigenvalue weighted by molar-refractivity contribution is 5.98. The van der Waals surface area contributed by atoms with Gasteiger partial charge in [0.25, 0.3) is 0 Å². The first-order valence-corrected chi connectivity index (χ1v) is 7.55. The fourth-order valence-corrected chi connectivity index (χ4v) is 3.23. The summed E-state index contributed by atoms with van der Waals surface area (Å²) >= 11 is 0. The van der Waals surface area contributed by atoms with Crippen LogP contribution >= 0.6 is 0 Å². The number of rotatable bonds is 5. The van der Waals surface area contributed by atoms with E-state index < -0.39 is 0 Å². The van der Waals surface area contributed by atoms with Gasteiger partial charge >= 0.3 is 0 Å². The van der Waals surface area contributed by atoms with Gasteiger partial charge in [0.2, 0.25) is 0 Å². The molecule has 0 radical (unpaired) electrons. The van der Waals surface area contributed by atoms with Crippen molar-refractivity contribution in [2.75, 3.05) is 13.1 Å². The first-order valence-electron chi connectivity index (χ1n) is 7.55. The van der Waals surface area contributed by atoms with Crippen molar-refractivity contribution >= 4 is 5.78 Å². The molecule has 0 bridgehead atoms. The van der Waals surface area contributed by atoms with E-state index in [0.29, 0.717) is 12.6 Å². The maximum absolute atomic E-state index is 12.4. The van der Waals surface area contributed by atoms with E-state index in [0.717, 1.165) is 23.5 Å². The number of likely N-dealkylation sites (N-methyl/N-ethyl adjacent to an activating group) is 1. The van der Waals surface area contributed by atoms with Gasteiger partial charge in [0.15, 0.2) is 5.78 Å². The summed E-state index contributed by atoms with van der Waals surface area (Å²) in [5.41, 5.74) is 2.94. The Hall–Kier alpha value is -1.09. The first-order chi connectivity index (χ1) is 9.11. The molecule has 0 unspecified atom stereocenters. The van der Waals surface area contributed by atoms with Gasteiger partial charge in [-0.15, -0.1) is 0 Å². The average molecular weight is 262 g/mol. The molecule has 1 aliphatic carbocycles. The minimum absolute atomic E-state index is 0.259. The predicted molar refractivity (Wildman–Crippen MR) is 78.7 cm³/mol. The number of aromatic amines is 1. The van der Waals surface area contributed by atoms with Crippen molar-refractivity contribution in [2.45, 2.75) is 58.9 Å². The second-order valence-corrected chi connectivity index (χ2v) is 5.77. The molecule has 3 heteroatoms. The number of H-pyrrole nitrogens is 1. The Morgan fingerprint density at radius 2 is 2.00 bits per heavy atom. The maximum atomic E-state index is 12.4. The normalized spacial score (nSPS) is 17.1. The molecule has 0 aliphatic heterocycles. The van der Waals surface area contributed by atoms with Gasteiger partial charge in [-0.05, 0) is 39.3 Å². The molecule has 1 heterocycles. The molecule has 0 saturated heterocycles. The Morgan fingerprint density at radius 1 is 1.32 bits per heavy atom. The molecule has 0 amide bonds. The molecule has 3 nitrogen and oxygen atoms in total. The molecule has 2 rings (SSSR count). The summed E-state index contributed by atoms with van der Waals surface area (Å²) in [6.45, 7) is 7.69. The third-order valence-electron chi connectivity index (χ3n) is 4.29. The van der Waals surface area contributed by atoms with Crippen LogP contribution in [0.15, 0.2) is 6.07 Å². The van der Waals surface area contributed by atoms with Gasteiger partial charge in [-0.25, -0.2) is 0 Å². The van der Waals surface area contributed by atoms with Crippen LogP contribution in [0.2, 0.25) is 0 Å². The van der Waals surface area contributed by atoms with E-state index in [4.69, 9.17) is 0 Å². The van der Waals surface area contributed by atoms with Crippen molar-refractivity contribution < 1.29 is 4.79 Å². The number of carbonyl (C=O) groups is 1. The minimum atomic E-state index is 0.259. The number of nitrogens with one attached hydrogen (secondary N) is 1. The second kappa shape index (κ2) is 6.38. The van der Waals surface area contributed by atoms with Crippen LogP contribution in [0.3, 0.4) is 0 Å². The first kappa shape index (κ1) is 14.3. The Bertz CT molecular complexity index is 430. The summed E-state index contributed by atoms with van der Waals surface area (Å²) in [4.78, 5) is 18.0. The number of aromatic nitrogens is 1. The molecule has 1 aliphatic rings. The van der Waals surface area contributed by atoms with E-state index in [2.05, 4.69) is 16.8 Å². The number of hydrogen-bond donors (Lipinski definition) is 1. The van der Waals surface area contributed by atoms with Gasteiger partial charge in [-0.3, -0.25) is 9.69 Å². The smallest absolute Gasteiger partial charge is 0.178 e. The van der Waals surface area contributed by atoms with Crippen molar-refractivity contribution in [2.24, 2.45) is 0 Å². The Balaban J connectivity index is 2.01. The van der Waals surface area contributed by atoms with Crippen molar-refractivity contribution in [1.82, 2.24) is 9.88 Å². The van der Waals surface area contributed by atoms with Crippen LogP contribution in [0.1, 0.15) is 60.8 Å². The number of ketones is 1. The van der Waals surface area contributed by atoms with Gasteiger partial charge in [-0.2, -0.15) is 0 Å². The number of hydrogen-bond acceptors (Lipinski definition) is 2. The highest BCUT2D eigenvalue weighted by Crippen LogP contribution is 2.23. The van der Waals surface area contributed by atoms with Crippen molar-refractivity contribution in [3.63, 3.8) is 0 Å². The molecular weight excluding hydrogens is 236 g/mol. The number of aryl methyl sites for hydroxylation is 2. The zero-order chi connectivity index (χ0) is 13.8. The van der Waals surface area contributed by atoms with Crippen LogP contribution in [0.25, 0.3) is 0 Å². The quantitative estimate of drug-likeness (QED) is 0.825. The summed E-state index contributed by atoms with van der Waals surface area (Å²) in [7, 11) is 0. The zero-order valence-corrected chi connectivity index (χ0v) is 12.5. The highest BCUT2D eigenvalue weighted by Gasteiger charge is 2.23. The molecule has 1 N–H and O–H groups in total. The van der Waals surface area contributed by atoms with Crippen LogP contribution in [0.4, 0.5) is 0 Å². The predicted octanol–water partition coefficient (Wildman–Crippen LogP) is 3.47. The number of nitrogens with zero attached hydrogens (tertiary/aromatic N) is 1. The Kier molecular flexibility index (Phi) is 4.81.